The number of hydrogen-bond donors (Lipinski definition) is 2. The molecule has 4 rings (SSSR count). The maximum absolute atomic E-state index is 12.6. The molecule has 0 bridgehead atoms. The van der Waals surface area contributed by atoms with Gasteiger partial charge in [-0.1, -0.05) is 6.92 Å². The summed E-state index contributed by atoms with van der Waals surface area (Å²) < 4.78 is 10.6. The van der Waals surface area contributed by atoms with Gasteiger partial charge in [-0.05, 0) is 54.8 Å². The molecule has 2 N–H and O–H groups in total. The summed E-state index contributed by atoms with van der Waals surface area (Å²) in [5.41, 5.74) is 2.76. The summed E-state index contributed by atoms with van der Waals surface area (Å²) in [5.74, 6) is 1.58. The van der Waals surface area contributed by atoms with Crippen LogP contribution in [0.1, 0.15) is 23.7 Å². The molecule has 7 nitrogen and oxygen atoms in total. The number of thiazole rings is 1. The number of nitrogens with zero attached hydrogens (tertiary/aromatic N) is 1. The van der Waals surface area contributed by atoms with Crippen molar-refractivity contribution in [3.05, 3.63) is 53.4 Å². The molecule has 1 fully saturated rings. The number of aromatic nitrogens is 1. The molecular formula is C23H23N3O4S. The molecule has 1 aliphatic carbocycles. The molecule has 2 amide bonds. The van der Waals surface area contributed by atoms with E-state index < -0.39 is 0 Å². The first-order chi connectivity index (χ1) is 15.0. The van der Waals surface area contributed by atoms with Gasteiger partial charge < -0.3 is 14.8 Å². The van der Waals surface area contributed by atoms with E-state index in [0.717, 1.165) is 17.7 Å². The van der Waals surface area contributed by atoms with E-state index in [0.29, 0.717) is 33.8 Å². The zero-order valence-electron chi connectivity index (χ0n) is 17.5. The molecule has 1 heterocycles. The quantitative estimate of drug-likeness (QED) is 0.560. The number of benzene rings is 2. The topological polar surface area (TPSA) is 89.6 Å². The van der Waals surface area contributed by atoms with Crippen LogP contribution in [-0.2, 0) is 4.79 Å². The van der Waals surface area contributed by atoms with Crippen LogP contribution in [0.5, 0.6) is 11.5 Å². The lowest BCUT2D eigenvalue weighted by atomic mass is 10.1. The molecule has 0 saturated heterocycles. The second kappa shape index (κ2) is 8.77. The van der Waals surface area contributed by atoms with Crippen LogP contribution in [0.3, 0.4) is 0 Å². The van der Waals surface area contributed by atoms with Gasteiger partial charge in [0.15, 0.2) is 16.6 Å². The van der Waals surface area contributed by atoms with Crippen LogP contribution in [-0.4, -0.2) is 31.0 Å². The van der Waals surface area contributed by atoms with Gasteiger partial charge in [-0.2, -0.15) is 0 Å². The molecular weight excluding hydrogens is 414 g/mol. The van der Waals surface area contributed by atoms with Crippen molar-refractivity contribution in [2.24, 2.45) is 11.8 Å². The van der Waals surface area contributed by atoms with Crippen LogP contribution in [0.4, 0.5) is 10.8 Å². The van der Waals surface area contributed by atoms with Crippen LogP contribution in [0.25, 0.3) is 11.3 Å². The van der Waals surface area contributed by atoms with Crippen molar-refractivity contribution in [2.75, 3.05) is 24.9 Å². The Bertz CT molecular complexity index is 1110. The Morgan fingerprint density at radius 1 is 1.03 bits per heavy atom. The highest BCUT2D eigenvalue weighted by atomic mass is 32.1. The van der Waals surface area contributed by atoms with Gasteiger partial charge in [0.2, 0.25) is 5.91 Å². The minimum Gasteiger partial charge on any atom is -0.493 e. The van der Waals surface area contributed by atoms with Gasteiger partial charge in [0.25, 0.3) is 5.91 Å². The maximum atomic E-state index is 12.6. The van der Waals surface area contributed by atoms with Crippen LogP contribution >= 0.6 is 11.3 Å². The molecule has 31 heavy (non-hydrogen) atoms. The third-order valence-electron chi connectivity index (χ3n) is 5.26. The summed E-state index contributed by atoms with van der Waals surface area (Å²) in [5, 5.41) is 8.07. The smallest absolute Gasteiger partial charge is 0.257 e. The van der Waals surface area contributed by atoms with Crippen molar-refractivity contribution in [1.29, 1.82) is 0 Å². The number of nitrogens with one attached hydrogen (secondary N) is 2. The molecule has 8 heteroatoms. The minimum atomic E-state index is -0.262. The third-order valence-corrected chi connectivity index (χ3v) is 6.02. The summed E-state index contributed by atoms with van der Waals surface area (Å²) in [6.45, 7) is 2.06. The first-order valence-electron chi connectivity index (χ1n) is 9.88. The van der Waals surface area contributed by atoms with E-state index in [1.54, 1.807) is 38.5 Å². The Hall–Kier alpha value is -3.39. The fourth-order valence-corrected chi connectivity index (χ4v) is 3.97. The zero-order chi connectivity index (χ0) is 22.0. The van der Waals surface area contributed by atoms with Crippen LogP contribution < -0.4 is 20.1 Å². The zero-order valence-corrected chi connectivity index (χ0v) is 18.3. The van der Waals surface area contributed by atoms with E-state index in [-0.39, 0.29) is 17.7 Å². The highest BCUT2D eigenvalue weighted by molar-refractivity contribution is 7.14. The Morgan fingerprint density at radius 2 is 1.74 bits per heavy atom. The fourth-order valence-electron chi connectivity index (χ4n) is 3.26. The molecule has 3 aromatic rings. The molecule has 1 saturated carbocycles. The minimum absolute atomic E-state index is 0.0372. The van der Waals surface area contributed by atoms with Crippen LogP contribution in [0, 0.1) is 11.8 Å². The van der Waals surface area contributed by atoms with Gasteiger partial charge in [-0.15, -0.1) is 11.3 Å². The third kappa shape index (κ3) is 4.69. The van der Waals surface area contributed by atoms with E-state index in [1.165, 1.54) is 11.3 Å². The van der Waals surface area contributed by atoms with E-state index in [2.05, 4.69) is 22.5 Å². The van der Waals surface area contributed by atoms with Crippen molar-refractivity contribution >= 4 is 34.0 Å². The number of carbonyl (C=O) groups excluding carboxylic acids is 2. The monoisotopic (exact) mass is 437 g/mol. The average molecular weight is 438 g/mol. The number of methoxy groups -OCH3 is 2. The molecule has 1 aromatic heterocycles. The van der Waals surface area contributed by atoms with Crippen molar-refractivity contribution in [3.63, 3.8) is 0 Å². The lowest BCUT2D eigenvalue weighted by Gasteiger charge is -2.08. The first kappa shape index (κ1) is 20.9. The Balaban J connectivity index is 1.40. The number of anilines is 2. The standard InChI is InChI=1S/C23H23N3O4S/c1-13-10-17(13)22(28)24-16-7-4-14(5-8-16)21(27)26-23-25-18(12-31-23)15-6-9-19(29-2)20(11-15)30-3/h4-9,11-13,17H,10H2,1-3H3,(H,24,28)(H,25,26,27). The Morgan fingerprint density at radius 3 is 2.39 bits per heavy atom. The summed E-state index contributed by atoms with van der Waals surface area (Å²) in [6, 6.07) is 12.4. The largest absolute Gasteiger partial charge is 0.493 e. The SMILES string of the molecule is COc1ccc(-c2csc(NC(=O)c3ccc(NC(=O)C4CC4C)cc3)n2)cc1OC. The lowest BCUT2D eigenvalue weighted by molar-refractivity contribution is -0.117. The predicted molar refractivity (Wildman–Crippen MR) is 121 cm³/mol. The second-order valence-corrected chi connectivity index (χ2v) is 8.31. The summed E-state index contributed by atoms with van der Waals surface area (Å²) >= 11 is 1.34. The van der Waals surface area contributed by atoms with E-state index >= 15 is 0 Å². The van der Waals surface area contributed by atoms with Gasteiger partial charge in [-0.25, -0.2) is 4.98 Å². The molecule has 1 aliphatic rings. The number of ether oxygens (including phenoxy) is 2. The number of rotatable bonds is 7. The molecule has 0 aliphatic heterocycles. The summed E-state index contributed by atoms with van der Waals surface area (Å²) in [6.07, 6.45) is 0.936. The first-order valence-corrected chi connectivity index (χ1v) is 10.8. The van der Waals surface area contributed by atoms with Crippen LogP contribution in [0.2, 0.25) is 0 Å². The van der Waals surface area contributed by atoms with E-state index in [1.807, 2.05) is 23.6 Å². The Kier molecular flexibility index (Phi) is 5.90. The van der Waals surface area contributed by atoms with Crippen molar-refractivity contribution in [1.82, 2.24) is 4.98 Å². The van der Waals surface area contributed by atoms with Gasteiger partial charge in [0, 0.05) is 28.1 Å². The molecule has 0 spiro atoms. The van der Waals surface area contributed by atoms with E-state index in [4.69, 9.17) is 9.47 Å². The fraction of sp³-hybridized carbons (Fsp3) is 0.261. The predicted octanol–water partition coefficient (Wildman–Crippen LogP) is 4.67. The highest BCUT2D eigenvalue weighted by Crippen LogP contribution is 2.38. The second-order valence-electron chi connectivity index (χ2n) is 7.45. The molecule has 160 valence electrons. The number of hydrogen-bond acceptors (Lipinski definition) is 6. The van der Waals surface area contributed by atoms with Gasteiger partial charge >= 0.3 is 0 Å². The van der Waals surface area contributed by atoms with Crippen molar-refractivity contribution < 1.29 is 19.1 Å². The molecule has 2 atom stereocenters. The average Bonchev–Trinajstić information content (AvgIpc) is 3.34. The maximum Gasteiger partial charge on any atom is 0.257 e. The summed E-state index contributed by atoms with van der Waals surface area (Å²) in [7, 11) is 3.17. The number of amides is 2. The molecule has 2 unspecified atom stereocenters. The van der Waals surface area contributed by atoms with E-state index in [9.17, 15) is 9.59 Å². The number of carbonyl (C=O) groups is 2. The highest BCUT2D eigenvalue weighted by Gasteiger charge is 2.39. The molecule has 2 aromatic carbocycles. The summed E-state index contributed by atoms with van der Waals surface area (Å²) in [4.78, 5) is 29.1. The van der Waals surface area contributed by atoms with Crippen molar-refractivity contribution in [3.8, 4) is 22.8 Å². The lowest BCUT2D eigenvalue weighted by Crippen LogP contribution is -2.15. The normalized spacial score (nSPS) is 17.0. The van der Waals surface area contributed by atoms with Crippen molar-refractivity contribution in [2.45, 2.75) is 13.3 Å². The van der Waals surface area contributed by atoms with Gasteiger partial charge in [-0.3, -0.25) is 14.9 Å². The van der Waals surface area contributed by atoms with Crippen LogP contribution in [0.15, 0.2) is 47.8 Å². The molecule has 0 radical (unpaired) electrons. The van der Waals surface area contributed by atoms with Gasteiger partial charge in [0.05, 0.1) is 19.9 Å². The Labute approximate surface area is 184 Å². The van der Waals surface area contributed by atoms with Gasteiger partial charge in [0.1, 0.15) is 0 Å².